The first kappa shape index (κ1) is 20.2. The number of Topliss-reactive ketones (excluding diaryl/α,β-unsaturated/α-hetero) is 1. The van der Waals surface area contributed by atoms with Crippen molar-refractivity contribution in [1.82, 2.24) is 15.0 Å². The second-order valence-corrected chi connectivity index (χ2v) is 10.7. The predicted molar refractivity (Wildman–Crippen MR) is 109 cm³/mol. The molecule has 0 radical (unpaired) electrons. The Morgan fingerprint density at radius 2 is 2.03 bits per heavy atom. The van der Waals surface area contributed by atoms with E-state index >= 15 is 0 Å². The number of rotatable bonds is 2. The van der Waals surface area contributed by atoms with Crippen LogP contribution < -0.4 is 0 Å². The minimum atomic E-state index is -0.508. The number of hydrogen-bond donors (Lipinski definition) is 1. The summed E-state index contributed by atoms with van der Waals surface area (Å²) in [7, 11) is 1.33. The van der Waals surface area contributed by atoms with Crippen LogP contribution in [0.1, 0.15) is 81.7 Å². The molecule has 164 valence electrons. The van der Waals surface area contributed by atoms with Gasteiger partial charge in [-0.15, -0.1) is 5.10 Å². The smallest absolute Gasteiger partial charge is 0.360 e. The van der Waals surface area contributed by atoms with Gasteiger partial charge in [-0.2, -0.15) is 0 Å². The van der Waals surface area contributed by atoms with E-state index in [0.29, 0.717) is 29.5 Å². The zero-order chi connectivity index (χ0) is 21.3. The molecular weight excluding hydrogens is 382 g/mol. The van der Waals surface area contributed by atoms with Crippen molar-refractivity contribution in [3.8, 4) is 0 Å². The number of ether oxygens (including phenoxy) is 1. The maximum absolute atomic E-state index is 12.6. The standard InChI is InChI=1S/C23H33N3O4/c1-22-9-8-16-14(15(22)6-7-20(22)28)5-4-13-10-19(27)18(11-23(13,16)2)26-12-17(24-25-26)21(29)30-3/h12-16,18-19,27H,4-11H2,1-3H3/t13-,14-,15-,16-,18-,19-,22-,23-/m0/s1. The van der Waals surface area contributed by atoms with E-state index in [1.165, 1.54) is 13.5 Å². The van der Waals surface area contributed by atoms with E-state index in [1.54, 1.807) is 10.9 Å². The Balaban J connectivity index is 1.43. The van der Waals surface area contributed by atoms with E-state index in [1.807, 2.05) is 0 Å². The molecule has 7 nitrogen and oxygen atoms in total. The van der Waals surface area contributed by atoms with E-state index < -0.39 is 12.1 Å². The summed E-state index contributed by atoms with van der Waals surface area (Å²) in [6.07, 6.45) is 8.94. The second-order valence-electron chi connectivity index (χ2n) is 10.7. The summed E-state index contributed by atoms with van der Waals surface area (Å²) < 4.78 is 6.43. The van der Waals surface area contributed by atoms with Crippen LogP contribution in [0, 0.1) is 34.5 Å². The topological polar surface area (TPSA) is 94.3 Å². The summed E-state index contributed by atoms with van der Waals surface area (Å²) in [5, 5.41) is 19.1. The Hall–Kier alpha value is -1.76. The van der Waals surface area contributed by atoms with Crippen molar-refractivity contribution < 1.29 is 19.4 Å². The highest BCUT2D eigenvalue weighted by atomic mass is 16.5. The first-order valence-corrected chi connectivity index (χ1v) is 11.5. The number of aliphatic hydroxyl groups excluding tert-OH is 1. The van der Waals surface area contributed by atoms with Crippen molar-refractivity contribution in [3.63, 3.8) is 0 Å². The molecule has 1 aromatic heterocycles. The van der Waals surface area contributed by atoms with Gasteiger partial charge in [-0.25, -0.2) is 9.48 Å². The Morgan fingerprint density at radius 1 is 1.23 bits per heavy atom. The number of methoxy groups -OCH3 is 1. The van der Waals surface area contributed by atoms with Gasteiger partial charge in [0, 0.05) is 11.8 Å². The van der Waals surface area contributed by atoms with Crippen LogP contribution in [0.4, 0.5) is 0 Å². The van der Waals surface area contributed by atoms with E-state index in [-0.39, 0.29) is 22.6 Å². The van der Waals surface area contributed by atoms with Gasteiger partial charge in [-0.3, -0.25) is 4.79 Å². The summed E-state index contributed by atoms with van der Waals surface area (Å²) in [4.78, 5) is 24.4. The number of ketones is 1. The highest BCUT2D eigenvalue weighted by molar-refractivity contribution is 5.87. The van der Waals surface area contributed by atoms with Crippen molar-refractivity contribution in [2.75, 3.05) is 7.11 Å². The summed E-state index contributed by atoms with van der Waals surface area (Å²) in [6, 6.07) is -0.186. The Bertz CT molecular complexity index is 868. The van der Waals surface area contributed by atoms with Gasteiger partial charge in [0.1, 0.15) is 5.78 Å². The van der Waals surface area contributed by atoms with Gasteiger partial charge in [0.2, 0.25) is 0 Å². The summed E-state index contributed by atoms with van der Waals surface area (Å²) in [5.41, 5.74) is 0.174. The number of aromatic nitrogens is 3. The van der Waals surface area contributed by atoms with Crippen molar-refractivity contribution in [2.24, 2.45) is 34.5 Å². The highest BCUT2D eigenvalue weighted by Crippen LogP contribution is 2.66. The van der Waals surface area contributed by atoms with Crippen molar-refractivity contribution in [1.29, 1.82) is 0 Å². The highest BCUT2D eigenvalue weighted by Gasteiger charge is 2.61. The number of esters is 1. The lowest BCUT2D eigenvalue weighted by molar-refractivity contribution is -0.148. The molecule has 0 saturated heterocycles. The molecule has 4 saturated carbocycles. The number of carbonyl (C=O) groups excluding carboxylic acids is 2. The summed E-state index contributed by atoms with van der Waals surface area (Å²) >= 11 is 0. The van der Waals surface area contributed by atoms with E-state index in [0.717, 1.165) is 44.9 Å². The number of aliphatic hydroxyl groups is 1. The van der Waals surface area contributed by atoms with E-state index in [9.17, 15) is 14.7 Å². The van der Waals surface area contributed by atoms with Gasteiger partial charge >= 0.3 is 5.97 Å². The summed E-state index contributed by atoms with van der Waals surface area (Å²) in [6.45, 7) is 4.62. The molecule has 0 aliphatic heterocycles. The molecule has 7 heteroatoms. The van der Waals surface area contributed by atoms with Crippen LogP contribution in [0.3, 0.4) is 0 Å². The molecular formula is C23H33N3O4. The van der Waals surface area contributed by atoms with Crippen LogP contribution in [0.25, 0.3) is 0 Å². The van der Waals surface area contributed by atoms with Gasteiger partial charge in [-0.05, 0) is 74.0 Å². The van der Waals surface area contributed by atoms with Gasteiger partial charge in [0.25, 0.3) is 0 Å². The van der Waals surface area contributed by atoms with Crippen molar-refractivity contribution in [3.05, 3.63) is 11.9 Å². The molecule has 4 fully saturated rings. The predicted octanol–water partition coefficient (Wildman–Crippen LogP) is 3.19. The monoisotopic (exact) mass is 415 g/mol. The van der Waals surface area contributed by atoms with E-state index in [2.05, 4.69) is 24.2 Å². The first-order valence-electron chi connectivity index (χ1n) is 11.5. The van der Waals surface area contributed by atoms with Gasteiger partial charge in [0.15, 0.2) is 5.69 Å². The molecule has 1 heterocycles. The van der Waals surface area contributed by atoms with Crippen molar-refractivity contribution in [2.45, 2.75) is 77.4 Å². The normalized spacial score (nSPS) is 45.4. The molecule has 30 heavy (non-hydrogen) atoms. The number of carbonyl (C=O) groups is 2. The minimum Gasteiger partial charge on any atom is -0.464 e. The van der Waals surface area contributed by atoms with E-state index in [4.69, 9.17) is 4.74 Å². The van der Waals surface area contributed by atoms with Crippen LogP contribution in [-0.2, 0) is 9.53 Å². The quantitative estimate of drug-likeness (QED) is 0.746. The van der Waals surface area contributed by atoms with Crippen LogP contribution >= 0.6 is 0 Å². The Kier molecular flexibility index (Phi) is 4.62. The molecule has 4 aliphatic rings. The third-order valence-electron chi connectivity index (χ3n) is 9.64. The zero-order valence-electron chi connectivity index (χ0n) is 18.2. The van der Waals surface area contributed by atoms with Crippen LogP contribution in [0.2, 0.25) is 0 Å². The maximum atomic E-state index is 12.6. The zero-order valence-corrected chi connectivity index (χ0v) is 18.2. The molecule has 0 bridgehead atoms. The van der Waals surface area contributed by atoms with Crippen LogP contribution in [0.5, 0.6) is 0 Å². The first-order chi connectivity index (χ1) is 14.3. The molecule has 0 aromatic carbocycles. The lowest BCUT2D eigenvalue weighted by Gasteiger charge is -2.61. The van der Waals surface area contributed by atoms with Gasteiger partial charge in [-0.1, -0.05) is 19.1 Å². The van der Waals surface area contributed by atoms with Crippen molar-refractivity contribution >= 4 is 11.8 Å². The third-order valence-corrected chi connectivity index (χ3v) is 9.64. The molecule has 5 rings (SSSR count). The van der Waals surface area contributed by atoms with Gasteiger partial charge in [0.05, 0.1) is 25.5 Å². The van der Waals surface area contributed by atoms with Crippen LogP contribution in [-0.4, -0.2) is 45.1 Å². The Morgan fingerprint density at radius 3 is 2.80 bits per heavy atom. The molecule has 0 spiro atoms. The lowest BCUT2D eigenvalue weighted by atomic mass is 9.44. The SMILES string of the molecule is COC(=O)c1cn([C@H]2C[C@@]3(C)[C@@H](CC[C@@H]4[C@@H]3CC[C@]3(C)C(=O)CC[C@@H]43)C[C@@H]2O)nn1. The molecule has 8 atom stereocenters. The molecule has 0 amide bonds. The summed E-state index contributed by atoms with van der Waals surface area (Å²) in [5.74, 6) is 2.17. The fourth-order valence-electron chi connectivity index (χ4n) is 7.95. The third kappa shape index (κ3) is 2.73. The fraction of sp³-hybridized carbons (Fsp3) is 0.826. The minimum absolute atomic E-state index is 0.108. The maximum Gasteiger partial charge on any atom is 0.360 e. The number of hydrogen-bond acceptors (Lipinski definition) is 6. The average Bonchev–Trinajstić information content (AvgIpc) is 3.33. The number of nitrogens with zero attached hydrogens (tertiary/aromatic N) is 3. The lowest BCUT2D eigenvalue weighted by Crippen LogP contribution is -2.55. The molecule has 1 N–H and O–H groups in total. The van der Waals surface area contributed by atoms with Gasteiger partial charge < -0.3 is 9.84 Å². The average molecular weight is 416 g/mol. The molecule has 0 unspecified atom stereocenters. The largest absolute Gasteiger partial charge is 0.464 e. The fourth-order valence-corrected chi connectivity index (χ4v) is 7.95. The second kappa shape index (κ2) is 6.87. The molecule has 1 aromatic rings. The Labute approximate surface area is 177 Å². The number of fused-ring (bicyclic) bond motifs is 5. The van der Waals surface area contributed by atoms with Crippen LogP contribution in [0.15, 0.2) is 6.20 Å². The molecule has 4 aliphatic carbocycles.